The van der Waals surface area contributed by atoms with E-state index in [1.165, 1.54) is 10.4 Å². The Bertz CT molecular complexity index is 1340. The number of anilines is 1. The molecule has 1 aromatic heterocycles. The van der Waals surface area contributed by atoms with Crippen molar-refractivity contribution in [1.29, 1.82) is 0 Å². The Kier molecular flexibility index (Phi) is 8.51. The van der Waals surface area contributed by atoms with Gasteiger partial charge in [0.1, 0.15) is 10.6 Å². The first kappa shape index (κ1) is 27.1. The van der Waals surface area contributed by atoms with Gasteiger partial charge < -0.3 is 14.6 Å². The molecule has 4 rings (SSSR count). The summed E-state index contributed by atoms with van der Waals surface area (Å²) in [5.41, 5.74) is 1.62. The highest BCUT2D eigenvalue weighted by atomic mass is 35.5. The number of piperidine rings is 1. The Morgan fingerprint density at radius 2 is 2.00 bits per heavy atom. The third-order valence-corrected chi connectivity index (χ3v) is 8.26. The number of nitrogens with zero attached hydrogens (tertiary/aromatic N) is 3. The van der Waals surface area contributed by atoms with Gasteiger partial charge in [0.15, 0.2) is 5.82 Å². The van der Waals surface area contributed by atoms with E-state index < -0.39 is 15.9 Å². The average molecular weight is 547 g/mol. The molecule has 1 aliphatic heterocycles. The Labute approximate surface area is 222 Å². The molecule has 9 nitrogen and oxygen atoms in total. The van der Waals surface area contributed by atoms with Crippen LogP contribution in [0.25, 0.3) is 0 Å². The van der Waals surface area contributed by atoms with E-state index in [2.05, 4.69) is 15.5 Å². The van der Waals surface area contributed by atoms with Gasteiger partial charge >= 0.3 is 0 Å². The van der Waals surface area contributed by atoms with Gasteiger partial charge in [0.05, 0.1) is 12.5 Å². The molecular formula is C26H31ClN4O5S. The zero-order chi connectivity index (χ0) is 26.6. The molecule has 1 N–H and O–H groups in total. The van der Waals surface area contributed by atoms with Crippen LogP contribution in [0.15, 0.2) is 51.9 Å². The Morgan fingerprint density at radius 3 is 2.68 bits per heavy atom. The summed E-state index contributed by atoms with van der Waals surface area (Å²) in [5.74, 6) is 0.930. The average Bonchev–Trinajstić information content (AvgIpc) is 3.35. The van der Waals surface area contributed by atoms with Crippen molar-refractivity contribution >= 4 is 33.2 Å². The maximum absolute atomic E-state index is 13.4. The molecule has 37 heavy (non-hydrogen) atoms. The van der Waals surface area contributed by atoms with E-state index in [-0.39, 0.29) is 29.0 Å². The van der Waals surface area contributed by atoms with Crippen LogP contribution in [0.1, 0.15) is 56.8 Å². The fourth-order valence-electron chi connectivity index (χ4n) is 4.18. The van der Waals surface area contributed by atoms with Crippen LogP contribution in [-0.2, 0) is 21.2 Å². The largest absolute Gasteiger partial charge is 0.492 e. The normalized spacial score (nSPS) is 16.6. The zero-order valence-electron chi connectivity index (χ0n) is 21.1. The summed E-state index contributed by atoms with van der Waals surface area (Å²) in [7, 11) is -3.89. The van der Waals surface area contributed by atoms with Crippen LogP contribution in [0.3, 0.4) is 0 Å². The Hall–Kier alpha value is -2.95. The SMILES string of the molecule is CCOc1ccc(Cl)cc1S(=O)(=O)N1CCC[C@@H](C(=O)Nc2ccc(Cc3noc(C(C)C)n3)cc2)C1. The van der Waals surface area contributed by atoms with Crippen molar-refractivity contribution in [2.75, 3.05) is 25.0 Å². The number of sulfonamides is 1. The first-order valence-electron chi connectivity index (χ1n) is 12.3. The smallest absolute Gasteiger partial charge is 0.246 e. The number of rotatable bonds is 9. The topological polar surface area (TPSA) is 115 Å². The van der Waals surface area contributed by atoms with Crippen LogP contribution in [0, 0.1) is 5.92 Å². The maximum Gasteiger partial charge on any atom is 0.246 e. The molecule has 1 atom stereocenters. The van der Waals surface area contributed by atoms with E-state index in [0.29, 0.717) is 54.8 Å². The minimum Gasteiger partial charge on any atom is -0.492 e. The molecule has 1 fully saturated rings. The summed E-state index contributed by atoms with van der Waals surface area (Å²) in [4.78, 5) is 17.4. The Morgan fingerprint density at radius 1 is 1.24 bits per heavy atom. The molecule has 0 radical (unpaired) electrons. The molecule has 198 valence electrons. The van der Waals surface area contributed by atoms with Crippen LogP contribution >= 0.6 is 11.6 Å². The lowest BCUT2D eigenvalue weighted by Gasteiger charge is -2.31. The summed E-state index contributed by atoms with van der Waals surface area (Å²) in [6, 6.07) is 12.0. The molecule has 11 heteroatoms. The van der Waals surface area contributed by atoms with Gasteiger partial charge in [-0.3, -0.25) is 4.79 Å². The molecule has 1 aliphatic rings. The number of nitrogens with one attached hydrogen (secondary N) is 1. The minimum absolute atomic E-state index is 0.0145. The van der Waals surface area contributed by atoms with E-state index in [9.17, 15) is 13.2 Å². The van der Waals surface area contributed by atoms with Crippen LogP contribution < -0.4 is 10.1 Å². The second-order valence-electron chi connectivity index (χ2n) is 9.29. The van der Waals surface area contributed by atoms with Crippen LogP contribution in [0.2, 0.25) is 5.02 Å². The van der Waals surface area contributed by atoms with Crippen molar-refractivity contribution in [2.24, 2.45) is 5.92 Å². The first-order chi connectivity index (χ1) is 17.7. The monoisotopic (exact) mass is 546 g/mol. The summed E-state index contributed by atoms with van der Waals surface area (Å²) in [6.45, 7) is 6.50. The summed E-state index contributed by atoms with van der Waals surface area (Å²) in [6.07, 6.45) is 1.69. The highest BCUT2D eigenvalue weighted by molar-refractivity contribution is 7.89. The highest BCUT2D eigenvalue weighted by Gasteiger charge is 2.35. The summed E-state index contributed by atoms with van der Waals surface area (Å²) < 4.78 is 39.0. The predicted molar refractivity (Wildman–Crippen MR) is 140 cm³/mol. The fraction of sp³-hybridized carbons (Fsp3) is 0.423. The number of halogens is 1. The molecule has 3 aromatic rings. The van der Waals surface area contributed by atoms with Gasteiger partial charge in [-0.2, -0.15) is 9.29 Å². The van der Waals surface area contributed by atoms with Gasteiger partial charge in [-0.1, -0.05) is 42.7 Å². The lowest BCUT2D eigenvalue weighted by molar-refractivity contribution is -0.120. The number of carbonyl (C=O) groups is 1. The number of amides is 1. The molecule has 0 spiro atoms. The molecule has 0 bridgehead atoms. The number of hydrogen-bond donors (Lipinski definition) is 1. The van der Waals surface area contributed by atoms with Crippen LogP contribution in [0.5, 0.6) is 5.75 Å². The number of hydrogen-bond acceptors (Lipinski definition) is 7. The predicted octanol–water partition coefficient (Wildman–Crippen LogP) is 4.88. The van der Waals surface area contributed by atoms with Crippen molar-refractivity contribution < 1.29 is 22.5 Å². The van der Waals surface area contributed by atoms with E-state index in [0.717, 1.165) is 5.56 Å². The molecule has 2 heterocycles. The number of aromatic nitrogens is 2. The quantitative estimate of drug-likeness (QED) is 0.407. The molecule has 2 aromatic carbocycles. The van der Waals surface area contributed by atoms with E-state index >= 15 is 0 Å². The van der Waals surface area contributed by atoms with Gasteiger partial charge in [-0.15, -0.1) is 0 Å². The summed E-state index contributed by atoms with van der Waals surface area (Å²) >= 11 is 6.09. The number of benzene rings is 2. The maximum atomic E-state index is 13.4. The molecule has 1 saturated heterocycles. The van der Waals surface area contributed by atoms with Crippen molar-refractivity contribution in [3.63, 3.8) is 0 Å². The van der Waals surface area contributed by atoms with Crippen molar-refractivity contribution in [3.8, 4) is 5.75 Å². The van der Waals surface area contributed by atoms with Gasteiger partial charge in [0.25, 0.3) is 0 Å². The van der Waals surface area contributed by atoms with Gasteiger partial charge in [-0.05, 0) is 55.7 Å². The van der Waals surface area contributed by atoms with Crippen molar-refractivity contribution in [2.45, 2.75) is 50.8 Å². The summed E-state index contributed by atoms with van der Waals surface area (Å²) in [5, 5.41) is 7.23. The van der Waals surface area contributed by atoms with Crippen LogP contribution in [-0.4, -0.2) is 48.5 Å². The van der Waals surface area contributed by atoms with E-state index in [4.69, 9.17) is 20.9 Å². The van der Waals surface area contributed by atoms with Gasteiger partial charge in [-0.25, -0.2) is 8.42 Å². The lowest BCUT2D eigenvalue weighted by Crippen LogP contribution is -2.43. The van der Waals surface area contributed by atoms with Gasteiger partial charge in [0, 0.05) is 36.1 Å². The first-order valence-corrected chi connectivity index (χ1v) is 14.1. The lowest BCUT2D eigenvalue weighted by atomic mass is 9.98. The third-order valence-electron chi connectivity index (χ3n) is 6.14. The molecule has 0 saturated carbocycles. The highest BCUT2D eigenvalue weighted by Crippen LogP contribution is 2.32. The molecule has 0 unspecified atom stereocenters. The third kappa shape index (κ3) is 6.49. The zero-order valence-corrected chi connectivity index (χ0v) is 22.7. The fourth-order valence-corrected chi connectivity index (χ4v) is 6.10. The van der Waals surface area contributed by atoms with Crippen molar-refractivity contribution in [1.82, 2.24) is 14.4 Å². The second kappa shape index (κ2) is 11.6. The number of carbonyl (C=O) groups excluding carboxylic acids is 1. The number of ether oxygens (including phenoxy) is 1. The van der Waals surface area contributed by atoms with Crippen molar-refractivity contribution in [3.05, 3.63) is 64.8 Å². The van der Waals surface area contributed by atoms with E-state index in [1.807, 2.05) is 38.1 Å². The molecule has 0 aliphatic carbocycles. The minimum atomic E-state index is -3.89. The molecular weight excluding hydrogens is 516 g/mol. The van der Waals surface area contributed by atoms with Gasteiger partial charge in [0.2, 0.25) is 21.8 Å². The Balaban J connectivity index is 1.40. The second-order valence-corrected chi connectivity index (χ2v) is 11.6. The van der Waals surface area contributed by atoms with Crippen LogP contribution in [0.4, 0.5) is 5.69 Å². The standard InChI is InChI=1S/C26H31ClN4O5S/c1-4-35-22-12-9-20(27)15-23(22)37(33,34)31-13-5-6-19(16-31)25(32)28-21-10-7-18(8-11-21)14-24-29-26(17(2)3)36-30-24/h7-12,15,17,19H,4-6,13-14,16H2,1-3H3,(H,28,32)/t19-/m1/s1. The van der Waals surface area contributed by atoms with E-state index in [1.54, 1.807) is 19.1 Å². The molecule has 1 amide bonds.